The van der Waals surface area contributed by atoms with Crippen molar-refractivity contribution in [2.24, 2.45) is 11.8 Å². The van der Waals surface area contributed by atoms with Gasteiger partial charge < -0.3 is 4.90 Å². The molecule has 94 valence electrons. The van der Waals surface area contributed by atoms with Crippen LogP contribution in [-0.2, 0) is 0 Å². The molecule has 1 rings (SSSR count). The Bertz CT molecular complexity index is 224. The van der Waals surface area contributed by atoms with E-state index in [1.54, 1.807) is 0 Å². The third kappa shape index (κ3) is 3.54. The van der Waals surface area contributed by atoms with Crippen molar-refractivity contribution in [1.29, 1.82) is 0 Å². The van der Waals surface area contributed by atoms with Gasteiger partial charge in [0.15, 0.2) is 0 Å². The monoisotopic (exact) mass is 223 g/mol. The van der Waals surface area contributed by atoms with Crippen molar-refractivity contribution in [3.8, 4) is 0 Å². The molecule has 1 nitrogen and oxygen atoms in total. The molecular weight excluding hydrogens is 194 g/mol. The average molecular weight is 223 g/mol. The first-order chi connectivity index (χ1) is 7.49. The molecule has 1 heteroatoms. The summed E-state index contributed by atoms with van der Waals surface area (Å²) in [5.41, 5.74) is 0.294. The van der Waals surface area contributed by atoms with Crippen LogP contribution in [0.2, 0.25) is 0 Å². The van der Waals surface area contributed by atoms with E-state index in [1.165, 1.54) is 32.1 Å². The summed E-state index contributed by atoms with van der Waals surface area (Å²) in [4.78, 5) is 2.35. The first-order valence-electron chi connectivity index (χ1n) is 6.89. The molecule has 0 aromatic rings. The van der Waals surface area contributed by atoms with Crippen molar-refractivity contribution in [1.82, 2.24) is 4.90 Å². The lowest BCUT2D eigenvalue weighted by Crippen LogP contribution is -2.36. The average Bonchev–Trinajstić information content (AvgIpc) is 2.20. The zero-order valence-electron chi connectivity index (χ0n) is 11.8. The van der Waals surface area contributed by atoms with Gasteiger partial charge in [-0.05, 0) is 57.6 Å². The first kappa shape index (κ1) is 13.6. The van der Waals surface area contributed by atoms with Crippen molar-refractivity contribution in [2.45, 2.75) is 65.3 Å². The molecule has 0 spiro atoms. The summed E-state index contributed by atoms with van der Waals surface area (Å²) in [7, 11) is 2.19. The fraction of sp³-hybridized carbons (Fsp3) is 0.867. The molecule has 0 N–H and O–H groups in total. The quantitative estimate of drug-likeness (QED) is 0.643. The maximum Gasteiger partial charge on any atom is 0.0334 e. The van der Waals surface area contributed by atoms with Gasteiger partial charge >= 0.3 is 0 Å². The van der Waals surface area contributed by atoms with Crippen LogP contribution in [0, 0.1) is 11.8 Å². The smallest absolute Gasteiger partial charge is 0.0334 e. The Morgan fingerprint density at radius 3 is 2.31 bits per heavy atom. The summed E-state index contributed by atoms with van der Waals surface area (Å²) in [5, 5.41) is 0. The predicted octanol–water partition coefficient (Wildman–Crippen LogP) is 4.45. The minimum Gasteiger partial charge on any atom is -0.376 e. The Labute approximate surface area is 102 Å². The summed E-state index contributed by atoms with van der Waals surface area (Å²) < 4.78 is 0. The molecule has 1 aliphatic carbocycles. The molecule has 1 saturated carbocycles. The van der Waals surface area contributed by atoms with Gasteiger partial charge in [-0.15, -0.1) is 0 Å². The van der Waals surface area contributed by atoms with Crippen LogP contribution in [0.3, 0.4) is 0 Å². The topological polar surface area (TPSA) is 3.24 Å². The lowest BCUT2D eigenvalue weighted by molar-refractivity contribution is 0.187. The van der Waals surface area contributed by atoms with Crippen LogP contribution in [-0.4, -0.2) is 17.5 Å². The predicted molar refractivity (Wildman–Crippen MR) is 72.4 cm³/mol. The molecule has 16 heavy (non-hydrogen) atoms. The summed E-state index contributed by atoms with van der Waals surface area (Å²) in [6, 6.07) is 0. The van der Waals surface area contributed by atoms with Crippen LogP contribution in [0.5, 0.6) is 0 Å². The maximum absolute atomic E-state index is 2.37. The van der Waals surface area contributed by atoms with Crippen molar-refractivity contribution in [3.05, 3.63) is 12.3 Å². The van der Waals surface area contributed by atoms with Crippen LogP contribution < -0.4 is 0 Å². The minimum atomic E-state index is 0.294. The molecule has 0 aliphatic heterocycles. The van der Waals surface area contributed by atoms with Gasteiger partial charge in [0.2, 0.25) is 0 Å². The second kappa shape index (κ2) is 5.75. The second-order valence-electron chi connectivity index (χ2n) is 6.01. The van der Waals surface area contributed by atoms with Crippen LogP contribution >= 0.6 is 0 Å². The van der Waals surface area contributed by atoms with Crippen molar-refractivity contribution in [3.63, 3.8) is 0 Å². The molecule has 0 aromatic heterocycles. The fourth-order valence-corrected chi connectivity index (χ4v) is 2.26. The lowest BCUT2D eigenvalue weighted by Gasteiger charge is -2.35. The van der Waals surface area contributed by atoms with Gasteiger partial charge in [0, 0.05) is 12.6 Å². The third-order valence-corrected chi connectivity index (χ3v) is 4.53. The minimum absolute atomic E-state index is 0.294. The van der Waals surface area contributed by atoms with Crippen molar-refractivity contribution >= 4 is 0 Å². The van der Waals surface area contributed by atoms with Gasteiger partial charge in [0.1, 0.15) is 0 Å². The van der Waals surface area contributed by atoms with E-state index >= 15 is 0 Å². The number of hydrogen-bond acceptors (Lipinski definition) is 1. The van der Waals surface area contributed by atoms with E-state index in [0.717, 1.165) is 11.8 Å². The van der Waals surface area contributed by atoms with Crippen LogP contribution in [0.1, 0.15) is 59.8 Å². The molecule has 0 radical (unpaired) electrons. The molecule has 0 saturated heterocycles. The standard InChI is InChI=1S/C15H29N/c1-6-13-11-14(12-13)9-8-10-16(5)15(3,4)7-2/h8,10,13-14H,6-7,9,11-12H2,1-5H3. The molecule has 0 aromatic carbocycles. The van der Waals surface area contributed by atoms with Crippen molar-refractivity contribution < 1.29 is 0 Å². The van der Waals surface area contributed by atoms with Gasteiger partial charge in [0.05, 0.1) is 0 Å². The summed E-state index contributed by atoms with van der Waals surface area (Å²) in [6.45, 7) is 9.16. The van der Waals surface area contributed by atoms with E-state index in [1.807, 2.05) is 0 Å². The SMILES string of the molecule is CCC1CC(CC=CN(C)C(C)(C)CC)C1. The maximum atomic E-state index is 2.37. The van der Waals surface area contributed by atoms with Crippen molar-refractivity contribution in [2.75, 3.05) is 7.05 Å². The van der Waals surface area contributed by atoms with Crippen LogP contribution in [0.25, 0.3) is 0 Å². The molecular formula is C15H29N. The van der Waals surface area contributed by atoms with Crippen LogP contribution in [0.4, 0.5) is 0 Å². The molecule has 0 bridgehead atoms. The number of rotatable bonds is 6. The van der Waals surface area contributed by atoms with E-state index in [0.29, 0.717) is 5.54 Å². The second-order valence-corrected chi connectivity index (χ2v) is 6.01. The normalized spacial score (nSPS) is 25.8. The number of allylic oxidation sites excluding steroid dienone is 1. The highest BCUT2D eigenvalue weighted by molar-refractivity contribution is 4.92. The highest BCUT2D eigenvalue weighted by Crippen LogP contribution is 2.38. The van der Waals surface area contributed by atoms with E-state index in [2.05, 4.69) is 51.9 Å². The highest BCUT2D eigenvalue weighted by Gasteiger charge is 2.26. The number of hydrogen-bond donors (Lipinski definition) is 0. The largest absolute Gasteiger partial charge is 0.376 e. The molecule has 0 unspecified atom stereocenters. The van der Waals surface area contributed by atoms with E-state index in [9.17, 15) is 0 Å². The summed E-state index contributed by atoms with van der Waals surface area (Å²) >= 11 is 0. The lowest BCUT2D eigenvalue weighted by atomic mass is 9.72. The van der Waals surface area contributed by atoms with Gasteiger partial charge in [-0.2, -0.15) is 0 Å². The summed E-state index contributed by atoms with van der Waals surface area (Å²) in [5.74, 6) is 2.00. The van der Waals surface area contributed by atoms with Crippen LogP contribution in [0.15, 0.2) is 12.3 Å². The molecule has 0 atom stereocenters. The van der Waals surface area contributed by atoms with E-state index < -0.39 is 0 Å². The highest BCUT2D eigenvalue weighted by atomic mass is 15.1. The summed E-state index contributed by atoms with van der Waals surface area (Å²) in [6.07, 6.45) is 11.4. The zero-order chi connectivity index (χ0) is 12.2. The molecule has 0 amide bonds. The first-order valence-corrected chi connectivity index (χ1v) is 6.89. The van der Waals surface area contributed by atoms with Gasteiger partial charge in [-0.1, -0.05) is 26.3 Å². The molecule has 0 heterocycles. The Morgan fingerprint density at radius 2 is 1.81 bits per heavy atom. The molecule has 1 aliphatic rings. The zero-order valence-corrected chi connectivity index (χ0v) is 11.8. The van der Waals surface area contributed by atoms with Gasteiger partial charge in [0.25, 0.3) is 0 Å². The molecule has 1 fully saturated rings. The van der Waals surface area contributed by atoms with E-state index in [4.69, 9.17) is 0 Å². The van der Waals surface area contributed by atoms with Gasteiger partial charge in [-0.25, -0.2) is 0 Å². The van der Waals surface area contributed by atoms with Gasteiger partial charge in [-0.3, -0.25) is 0 Å². The number of nitrogens with zero attached hydrogens (tertiary/aromatic N) is 1. The Morgan fingerprint density at radius 1 is 1.19 bits per heavy atom. The fourth-order valence-electron chi connectivity index (χ4n) is 2.26. The Hall–Kier alpha value is -0.460. The van der Waals surface area contributed by atoms with E-state index in [-0.39, 0.29) is 0 Å². The Kier molecular flexibility index (Phi) is 4.89. The Balaban J connectivity index is 2.22. The third-order valence-electron chi connectivity index (χ3n) is 4.53.